The fourth-order valence-corrected chi connectivity index (χ4v) is 2.07. The molecule has 0 spiro atoms. The van der Waals surface area contributed by atoms with E-state index in [1.54, 1.807) is 6.20 Å². The van der Waals surface area contributed by atoms with Gasteiger partial charge in [0.1, 0.15) is 0 Å². The second-order valence-corrected chi connectivity index (χ2v) is 4.21. The lowest BCUT2D eigenvalue weighted by Gasteiger charge is -2.29. The summed E-state index contributed by atoms with van der Waals surface area (Å²) in [7, 11) is 0. The number of rotatable bonds is 3. The third-order valence-corrected chi connectivity index (χ3v) is 2.92. The van der Waals surface area contributed by atoms with Gasteiger partial charge in [-0.25, -0.2) is 0 Å². The number of likely N-dealkylation sites (tertiary alicyclic amines) is 1. The van der Waals surface area contributed by atoms with Crippen LogP contribution in [0.25, 0.3) is 0 Å². The molecular weight excluding hydrogens is 188 g/mol. The Labute approximate surface area is 90.8 Å². The largest absolute Gasteiger partial charge is 0.392 e. The maximum absolute atomic E-state index is 9.52. The van der Waals surface area contributed by atoms with Crippen LogP contribution in [0, 0.1) is 0 Å². The van der Waals surface area contributed by atoms with E-state index in [4.69, 9.17) is 0 Å². The van der Waals surface area contributed by atoms with Crippen LogP contribution in [0.2, 0.25) is 0 Å². The Balaban J connectivity index is 1.78. The van der Waals surface area contributed by atoms with E-state index in [1.807, 2.05) is 12.3 Å². The summed E-state index contributed by atoms with van der Waals surface area (Å²) in [6.45, 7) is 2.99. The summed E-state index contributed by atoms with van der Waals surface area (Å²) >= 11 is 0. The van der Waals surface area contributed by atoms with Crippen LogP contribution < -0.4 is 0 Å². The van der Waals surface area contributed by atoms with Crippen molar-refractivity contribution in [2.24, 2.45) is 0 Å². The molecule has 1 aromatic rings. The van der Waals surface area contributed by atoms with Gasteiger partial charge in [-0.2, -0.15) is 0 Å². The minimum atomic E-state index is -0.118. The van der Waals surface area contributed by atoms with Gasteiger partial charge in [-0.1, -0.05) is 6.07 Å². The second kappa shape index (κ2) is 5.24. The molecular formula is C12H18N2O. The van der Waals surface area contributed by atoms with Crippen molar-refractivity contribution in [3.8, 4) is 0 Å². The fraction of sp³-hybridized carbons (Fsp3) is 0.583. The van der Waals surface area contributed by atoms with E-state index < -0.39 is 0 Å². The molecule has 2 heterocycles. The average Bonchev–Trinajstić information content (AvgIpc) is 2.28. The van der Waals surface area contributed by atoms with E-state index in [-0.39, 0.29) is 6.10 Å². The molecule has 3 nitrogen and oxygen atoms in total. The molecule has 1 aliphatic heterocycles. The molecule has 0 aromatic carbocycles. The van der Waals surface area contributed by atoms with E-state index in [1.165, 1.54) is 5.56 Å². The monoisotopic (exact) mass is 206 g/mol. The van der Waals surface area contributed by atoms with Crippen LogP contribution in [0.4, 0.5) is 0 Å². The summed E-state index contributed by atoms with van der Waals surface area (Å²) < 4.78 is 0. The zero-order valence-corrected chi connectivity index (χ0v) is 8.97. The fourth-order valence-electron chi connectivity index (χ4n) is 2.07. The summed E-state index contributed by atoms with van der Waals surface area (Å²) in [5, 5.41) is 9.52. The lowest BCUT2D eigenvalue weighted by atomic mass is 10.1. The number of piperidine rings is 1. The Morgan fingerprint density at radius 3 is 3.20 bits per heavy atom. The highest BCUT2D eigenvalue weighted by Gasteiger charge is 2.16. The molecule has 3 heteroatoms. The highest BCUT2D eigenvalue weighted by atomic mass is 16.3. The highest BCUT2D eigenvalue weighted by molar-refractivity contribution is 5.08. The Bertz CT molecular complexity index is 289. The number of β-amino-alcohol motifs (C(OH)–C–C–N with tert-alkyl or cyclic N) is 1. The van der Waals surface area contributed by atoms with E-state index in [9.17, 15) is 5.11 Å². The molecule has 0 unspecified atom stereocenters. The molecule has 0 radical (unpaired) electrons. The summed E-state index contributed by atoms with van der Waals surface area (Å²) in [6, 6.07) is 4.08. The van der Waals surface area contributed by atoms with Crippen molar-refractivity contribution in [1.82, 2.24) is 9.88 Å². The predicted octanol–water partition coefficient (Wildman–Crippen LogP) is 1.08. The molecule has 0 amide bonds. The molecule has 0 aliphatic carbocycles. The maximum Gasteiger partial charge on any atom is 0.0667 e. The smallest absolute Gasteiger partial charge is 0.0667 e. The molecule has 1 aliphatic rings. The molecule has 1 N–H and O–H groups in total. The van der Waals surface area contributed by atoms with Crippen LogP contribution in [-0.2, 0) is 6.42 Å². The first-order valence-corrected chi connectivity index (χ1v) is 5.64. The Morgan fingerprint density at radius 1 is 1.53 bits per heavy atom. The van der Waals surface area contributed by atoms with E-state index >= 15 is 0 Å². The van der Waals surface area contributed by atoms with Gasteiger partial charge in [0.2, 0.25) is 0 Å². The van der Waals surface area contributed by atoms with Crippen LogP contribution in [0.1, 0.15) is 18.4 Å². The molecule has 15 heavy (non-hydrogen) atoms. The summed E-state index contributed by atoms with van der Waals surface area (Å²) in [5.41, 5.74) is 1.28. The Kier molecular flexibility index (Phi) is 3.69. The zero-order valence-electron chi connectivity index (χ0n) is 8.97. The van der Waals surface area contributed by atoms with Crippen LogP contribution in [0.15, 0.2) is 24.5 Å². The van der Waals surface area contributed by atoms with Gasteiger partial charge in [-0.05, 0) is 37.4 Å². The van der Waals surface area contributed by atoms with E-state index in [0.29, 0.717) is 0 Å². The molecule has 2 rings (SSSR count). The van der Waals surface area contributed by atoms with Crippen molar-refractivity contribution in [3.05, 3.63) is 30.1 Å². The van der Waals surface area contributed by atoms with Gasteiger partial charge in [0, 0.05) is 25.5 Å². The van der Waals surface area contributed by atoms with Crippen molar-refractivity contribution in [1.29, 1.82) is 0 Å². The molecule has 1 fully saturated rings. The van der Waals surface area contributed by atoms with Crippen LogP contribution >= 0.6 is 0 Å². The third kappa shape index (κ3) is 3.29. The quantitative estimate of drug-likeness (QED) is 0.804. The van der Waals surface area contributed by atoms with Crippen LogP contribution in [0.5, 0.6) is 0 Å². The topological polar surface area (TPSA) is 36.4 Å². The number of pyridine rings is 1. The average molecular weight is 206 g/mol. The minimum absolute atomic E-state index is 0.118. The van der Waals surface area contributed by atoms with Crippen molar-refractivity contribution in [2.75, 3.05) is 19.6 Å². The number of nitrogens with zero attached hydrogens (tertiary/aromatic N) is 2. The zero-order chi connectivity index (χ0) is 10.5. The minimum Gasteiger partial charge on any atom is -0.392 e. The standard InChI is InChI=1S/C12H18N2O/c15-12-4-2-7-14(10-12)8-5-11-3-1-6-13-9-11/h1,3,6,9,12,15H,2,4-5,7-8,10H2/t12-/m0/s1. The van der Waals surface area contributed by atoms with Gasteiger partial charge in [0.25, 0.3) is 0 Å². The van der Waals surface area contributed by atoms with E-state index in [0.717, 1.165) is 38.9 Å². The molecule has 1 aromatic heterocycles. The van der Waals surface area contributed by atoms with Gasteiger partial charge in [-0.3, -0.25) is 4.98 Å². The van der Waals surface area contributed by atoms with Gasteiger partial charge >= 0.3 is 0 Å². The predicted molar refractivity (Wildman–Crippen MR) is 59.6 cm³/mol. The number of aliphatic hydroxyl groups excluding tert-OH is 1. The van der Waals surface area contributed by atoms with Gasteiger partial charge in [0.15, 0.2) is 0 Å². The summed E-state index contributed by atoms with van der Waals surface area (Å²) in [5.74, 6) is 0. The molecule has 1 atom stereocenters. The number of aromatic nitrogens is 1. The second-order valence-electron chi connectivity index (χ2n) is 4.21. The van der Waals surface area contributed by atoms with E-state index in [2.05, 4.69) is 16.0 Å². The first kappa shape index (κ1) is 10.6. The first-order chi connectivity index (χ1) is 7.34. The van der Waals surface area contributed by atoms with Crippen molar-refractivity contribution < 1.29 is 5.11 Å². The number of hydrogen-bond acceptors (Lipinski definition) is 3. The highest BCUT2D eigenvalue weighted by Crippen LogP contribution is 2.10. The summed E-state index contributed by atoms with van der Waals surface area (Å²) in [4.78, 5) is 6.43. The normalized spacial score (nSPS) is 22.9. The van der Waals surface area contributed by atoms with Crippen LogP contribution in [-0.4, -0.2) is 40.7 Å². The lowest BCUT2D eigenvalue weighted by Crippen LogP contribution is -2.39. The van der Waals surface area contributed by atoms with Crippen LogP contribution in [0.3, 0.4) is 0 Å². The van der Waals surface area contributed by atoms with Gasteiger partial charge in [0.05, 0.1) is 6.10 Å². The first-order valence-electron chi connectivity index (χ1n) is 5.64. The van der Waals surface area contributed by atoms with Gasteiger partial charge < -0.3 is 10.0 Å². The maximum atomic E-state index is 9.52. The SMILES string of the molecule is O[C@H]1CCCN(CCc2cccnc2)C1. The molecule has 1 saturated heterocycles. The van der Waals surface area contributed by atoms with Crippen molar-refractivity contribution >= 4 is 0 Å². The van der Waals surface area contributed by atoms with Crippen molar-refractivity contribution in [2.45, 2.75) is 25.4 Å². The Hall–Kier alpha value is -0.930. The number of hydrogen-bond donors (Lipinski definition) is 1. The molecule has 0 saturated carbocycles. The number of aliphatic hydroxyl groups is 1. The van der Waals surface area contributed by atoms with Crippen molar-refractivity contribution in [3.63, 3.8) is 0 Å². The molecule has 82 valence electrons. The Morgan fingerprint density at radius 2 is 2.47 bits per heavy atom. The molecule has 0 bridgehead atoms. The van der Waals surface area contributed by atoms with Gasteiger partial charge in [-0.15, -0.1) is 0 Å². The lowest BCUT2D eigenvalue weighted by molar-refractivity contribution is 0.0714. The third-order valence-electron chi connectivity index (χ3n) is 2.92. The summed E-state index contributed by atoms with van der Waals surface area (Å²) in [6.07, 6.45) is 6.71.